The number of ether oxygens (including phenoxy) is 1. The molecule has 0 amide bonds. The molecule has 0 unspecified atom stereocenters. The van der Waals surface area contributed by atoms with Crippen molar-refractivity contribution in [3.8, 4) is 5.75 Å². The Morgan fingerprint density at radius 1 is 0.935 bits per heavy atom. The topological polar surface area (TPSA) is 99.7 Å². The maximum absolute atomic E-state index is 12.7. The largest absolute Gasteiger partial charge is 0.496 e. The van der Waals surface area contributed by atoms with Crippen LogP contribution in [0.2, 0.25) is 0 Å². The fraction of sp³-hybridized carbons (Fsp3) is 0.417. The van der Waals surface area contributed by atoms with Gasteiger partial charge in [0.2, 0.25) is 0 Å². The van der Waals surface area contributed by atoms with Gasteiger partial charge in [-0.2, -0.15) is 0 Å². The van der Waals surface area contributed by atoms with E-state index in [1.54, 1.807) is 13.3 Å². The summed E-state index contributed by atoms with van der Waals surface area (Å²) in [6.07, 6.45) is 2.22. The van der Waals surface area contributed by atoms with Crippen LogP contribution in [0.1, 0.15) is 24.3 Å². The first-order valence-electron chi connectivity index (χ1n) is 10.7. The van der Waals surface area contributed by atoms with E-state index < -0.39 is 0 Å². The van der Waals surface area contributed by atoms with Crippen LogP contribution in [-0.2, 0) is 9.59 Å². The molecule has 0 spiro atoms. The lowest BCUT2D eigenvalue weighted by atomic mass is 9.78. The van der Waals surface area contributed by atoms with Crippen molar-refractivity contribution in [2.45, 2.75) is 18.8 Å². The minimum atomic E-state index is -0.124. The van der Waals surface area contributed by atoms with Crippen molar-refractivity contribution in [3.05, 3.63) is 53.7 Å². The van der Waals surface area contributed by atoms with Gasteiger partial charge in [0.05, 0.1) is 19.3 Å². The Hall–Kier alpha value is -2.74. The SMILES string of the molecule is COc1ccc(C2CC(=O)C(=CNCCNCCNCCO)C(=O)C2)c2ccccc12. The lowest BCUT2D eigenvalue weighted by Crippen LogP contribution is -2.33. The molecule has 7 nitrogen and oxygen atoms in total. The Morgan fingerprint density at radius 2 is 1.58 bits per heavy atom. The second-order valence-corrected chi connectivity index (χ2v) is 7.59. The van der Waals surface area contributed by atoms with Gasteiger partial charge in [0, 0.05) is 57.2 Å². The quantitative estimate of drug-likeness (QED) is 0.246. The maximum atomic E-state index is 12.7. The van der Waals surface area contributed by atoms with E-state index in [0.717, 1.165) is 35.2 Å². The first kappa shape index (κ1) is 22.9. The van der Waals surface area contributed by atoms with Gasteiger partial charge in [0.25, 0.3) is 0 Å². The zero-order chi connectivity index (χ0) is 22.1. The van der Waals surface area contributed by atoms with Crippen molar-refractivity contribution in [1.29, 1.82) is 0 Å². The molecule has 0 atom stereocenters. The van der Waals surface area contributed by atoms with Crippen LogP contribution in [0.4, 0.5) is 0 Å². The van der Waals surface area contributed by atoms with Gasteiger partial charge in [-0.1, -0.05) is 30.3 Å². The molecule has 1 aliphatic rings. The first-order chi connectivity index (χ1) is 15.2. The van der Waals surface area contributed by atoms with Crippen LogP contribution in [0.15, 0.2) is 48.2 Å². The van der Waals surface area contributed by atoms with Gasteiger partial charge in [0.1, 0.15) is 5.75 Å². The van der Waals surface area contributed by atoms with E-state index in [1.807, 2.05) is 36.4 Å². The molecule has 1 saturated carbocycles. The van der Waals surface area contributed by atoms with Crippen LogP contribution in [0, 0.1) is 0 Å². The number of carbonyl (C=O) groups excluding carboxylic acids is 2. The van der Waals surface area contributed by atoms with Gasteiger partial charge >= 0.3 is 0 Å². The molecule has 2 aromatic carbocycles. The lowest BCUT2D eigenvalue weighted by molar-refractivity contribution is -0.124. The summed E-state index contributed by atoms with van der Waals surface area (Å²) in [7, 11) is 1.64. The number of fused-ring (bicyclic) bond motifs is 1. The number of carbonyl (C=O) groups is 2. The average Bonchev–Trinajstić information content (AvgIpc) is 2.78. The van der Waals surface area contributed by atoms with Gasteiger partial charge in [0.15, 0.2) is 11.6 Å². The summed E-state index contributed by atoms with van der Waals surface area (Å²) in [6, 6.07) is 11.8. The summed E-state index contributed by atoms with van der Waals surface area (Å²) >= 11 is 0. The third kappa shape index (κ3) is 5.91. The van der Waals surface area contributed by atoms with E-state index in [1.165, 1.54) is 0 Å². The number of rotatable bonds is 11. The monoisotopic (exact) mass is 425 g/mol. The van der Waals surface area contributed by atoms with Crippen molar-refractivity contribution in [2.75, 3.05) is 46.4 Å². The molecule has 1 fully saturated rings. The van der Waals surface area contributed by atoms with Gasteiger partial charge in [-0.3, -0.25) is 9.59 Å². The normalized spacial score (nSPS) is 16.6. The second kappa shape index (κ2) is 11.6. The smallest absolute Gasteiger partial charge is 0.168 e. The zero-order valence-corrected chi connectivity index (χ0v) is 17.9. The molecule has 0 radical (unpaired) electrons. The van der Waals surface area contributed by atoms with Crippen molar-refractivity contribution in [1.82, 2.24) is 16.0 Å². The number of allylic oxidation sites excluding steroid dienone is 1. The molecular formula is C24H31N3O4. The van der Waals surface area contributed by atoms with Gasteiger partial charge in [-0.25, -0.2) is 0 Å². The van der Waals surface area contributed by atoms with E-state index in [2.05, 4.69) is 16.0 Å². The molecule has 0 bridgehead atoms. The third-order valence-corrected chi connectivity index (χ3v) is 5.50. The summed E-state index contributed by atoms with van der Waals surface area (Å²) < 4.78 is 5.46. The molecule has 166 valence electrons. The molecule has 0 heterocycles. The van der Waals surface area contributed by atoms with Crippen LogP contribution in [-0.4, -0.2) is 63.1 Å². The van der Waals surface area contributed by atoms with Gasteiger partial charge in [-0.15, -0.1) is 0 Å². The van der Waals surface area contributed by atoms with Crippen LogP contribution in [0.5, 0.6) is 5.75 Å². The number of hydrogen-bond acceptors (Lipinski definition) is 7. The van der Waals surface area contributed by atoms with E-state index in [-0.39, 0.29) is 29.7 Å². The molecule has 4 N–H and O–H groups in total. The van der Waals surface area contributed by atoms with E-state index in [9.17, 15) is 9.59 Å². The van der Waals surface area contributed by atoms with Crippen molar-refractivity contribution in [3.63, 3.8) is 0 Å². The Bertz CT molecular complexity index is 922. The highest BCUT2D eigenvalue weighted by Gasteiger charge is 2.32. The summed E-state index contributed by atoms with van der Waals surface area (Å²) in [4.78, 5) is 25.4. The fourth-order valence-corrected chi connectivity index (χ4v) is 3.95. The average molecular weight is 426 g/mol. The predicted molar refractivity (Wildman–Crippen MR) is 121 cm³/mol. The minimum absolute atomic E-state index is 0.116. The number of nitrogens with one attached hydrogen (secondary N) is 3. The Labute approximate surface area is 182 Å². The number of aliphatic hydroxyl groups excluding tert-OH is 1. The second-order valence-electron chi connectivity index (χ2n) is 7.59. The van der Waals surface area contributed by atoms with Crippen LogP contribution in [0.25, 0.3) is 10.8 Å². The first-order valence-corrected chi connectivity index (χ1v) is 10.7. The number of methoxy groups -OCH3 is 1. The van der Waals surface area contributed by atoms with Crippen LogP contribution >= 0.6 is 0 Å². The number of ketones is 2. The number of hydrogen-bond donors (Lipinski definition) is 4. The molecule has 31 heavy (non-hydrogen) atoms. The van der Waals surface area contributed by atoms with Gasteiger partial charge in [-0.05, 0) is 22.9 Å². The highest BCUT2D eigenvalue weighted by atomic mass is 16.5. The van der Waals surface area contributed by atoms with Crippen LogP contribution < -0.4 is 20.7 Å². The van der Waals surface area contributed by atoms with Crippen molar-refractivity contribution >= 4 is 22.3 Å². The van der Waals surface area contributed by atoms with Gasteiger partial charge < -0.3 is 25.8 Å². The summed E-state index contributed by atoms with van der Waals surface area (Å²) in [6.45, 7) is 3.62. The molecule has 0 aliphatic heterocycles. The molecule has 2 aromatic rings. The molecule has 3 rings (SSSR count). The number of benzene rings is 2. The van der Waals surface area contributed by atoms with E-state index >= 15 is 0 Å². The van der Waals surface area contributed by atoms with Crippen molar-refractivity contribution in [2.24, 2.45) is 0 Å². The summed E-state index contributed by atoms with van der Waals surface area (Å²) in [5.41, 5.74) is 1.28. The predicted octanol–water partition coefficient (Wildman–Crippen LogP) is 1.51. The Kier molecular flexibility index (Phi) is 8.58. The molecular weight excluding hydrogens is 394 g/mol. The molecule has 1 aliphatic carbocycles. The standard InChI is InChI=1S/C24H31N3O4/c1-31-24-7-6-18(19-4-2-3-5-20(19)24)17-14-22(29)21(23(30)15-17)16-27-11-10-25-8-9-26-12-13-28/h2-7,16-17,25-28H,8-15H2,1H3. The lowest BCUT2D eigenvalue weighted by Gasteiger charge is -2.24. The maximum Gasteiger partial charge on any atom is 0.168 e. The molecule has 0 aromatic heterocycles. The number of aliphatic hydroxyl groups is 1. The third-order valence-electron chi connectivity index (χ3n) is 5.50. The Morgan fingerprint density at radius 3 is 2.26 bits per heavy atom. The van der Waals surface area contributed by atoms with Crippen molar-refractivity contribution < 1.29 is 19.4 Å². The zero-order valence-electron chi connectivity index (χ0n) is 17.9. The highest BCUT2D eigenvalue weighted by Crippen LogP contribution is 2.38. The summed E-state index contributed by atoms with van der Waals surface area (Å²) in [5.74, 6) is 0.432. The fourth-order valence-electron chi connectivity index (χ4n) is 3.95. The van der Waals surface area contributed by atoms with E-state index in [0.29, 0.717) is 32.5 Å². The highest BCUT2D eigenvalue weighted by molar-refractivity contribution is 6.22. The van der Waals surface area contributed by atoms with Crippen LogP contribution in [0.3, 0.4) is 0 Å². The minimum Gasteiger partial charge on any atom is -0.496 e. The molecule has 0 saturated heterocycles. The molecule has 7 heteroatoms. The number of Topliss-reactive ketones (excluding diaryl/α,β-unsaturated/α-hetero) is 2. The Balaban J connectivity index is 1.57. The van der Waals surface area contributed by atoms with E-state index in [4.69, 9.17) is 9.84 Å². The summed E-state index contributed by atoms with van der Waals surface area (Å²) in [5, 5.41) is 20.1.